The van der Waals surface area contributed by atoms with Gasteiger partial charge in [0.25, 0.3) is 0 Å². The molecule has 3 unspecified atom stereocenters. The number of ether oxygens (including phenoxy) is 2. The second-order valence-electron chi connectivity index (χ2n) is 8.08. The molecule has 1 fully saturated rings. The van der Waals surface area contributed by atoms with Crippen LogP contribution in [0.5, 0.6) is 5.75 Å². The van der Waals surface area contributed by atoms with Gasteiger partial charge >= 0.3 is 5.63 Å². The van der Waals surface area contributed by atoms with E-state index in [0.717, 1.165) is 17.4 Å². The maximum absolute atomic E-state index is 12.8. The van der Waals surface area contributed by atoms with E-state index in [2.05, 4.69) is 6.58 Å². The van der Waals surface area contributed by atoms with Gasteiger partial charge in [-0.15, -0.1) is 6.58 Å². The standard InChI is InChI=1S/C21H24O5/c1-6-12-9-8-10-13-14(12)16-15(17(22)24-13)20(5,7-2)11-21(23,25-16)18-19(3,4)26-18/h7-10,18,23H,2,6,11H2,1,3-5H3. The van der Waals surface area contributed by atoms with Crippen molar-refractivity contribution in [3.8, 4) is 5.75 Å². The quantitative estimate of drug-likeness (QED) is 0.518. The zero-order chi connectivity index (χ0) is 18.9. The summed E-state index contributed by atoms with van der Waals surface area (Å²) in [5, 5.41) is 12.1. The molecule has 4 rings (SSSR count). The minimum Gasteiger partial charge on any atom is -0.458 e. The van der Waals surface area contributed by atoms with Crippen molar-refractivity contribution < 1.29 is 19.0 Å². The van der Waals surface area contributed by atoms with E-state index in [1.165, 1.54) is 0 Å². The molecule has 0 amide bonds. The fourth-order valence-corrected chi connectivity index (χ4v) is 4.23. The van der Waals surface area contributed by atoms with Crippen LogP contribution in [0.2, 0.25) is 0 Å². The van der Waals surface area contributed by atoms with Crippen LogP contribution in [0.4, 0.5) is 0 Å². The van der Waals surface area contributed by atoms with E-state index in [4.69, 9.17) is 13.9 Å². The summed E-state index contributed by atoms with van der Waals surface area (Å²) < 4.78 is 17.4. The summed E-state index contributed by atoms with van der Waals surface area (Å²) in [7, 11) is 0. The van der Waals surface area contributed by atoms with Gasteiger partial charge in [0.05, 0.1) is 16.6 Å². The zero-order valence-electron chi connectivity index (χ0n) is 15.6. The lowest BCUT2D eigenvalue weighted by atomic mass is 9.73. The minimum absolute atomic E-state index is 0.176. The normalized spacial score (nSPS) is 32.0. The van der Waals surface area contributed by atoms with E-state index in [1.807, 2.05) is 39.8 Å². The van der Waals surface area contributed by atoms with Crippen molar-refractivity contribution in [2.24, 2.45) is 0 Å². The number of aliphatic hydroxyl groups is 1. The van der Waals surface area contributed by atoms with Gasteiger partial charge in [-0.05, 0) is 31.9 Å². The maximum Gasteiger partial charge on any atom is 0.344 e. The Labute approximate surface area is 152 Å². The Kier molecular flexibility index (Phi) is 3.47. The molecule has 0 spiro atoms. The third-order valence-corrected chi connectivity index (χ3v) is 5.68. The molecule has 2 aliphatic heterocycles. The SMILES string of the molecule is C=CC1(C)CC(O)(C2OC2(C)C)Oc2c1c(=O)oc1cccc(CC)c21. The molecule has 3 atom stereocenters. The lowest BCUT2D eigenvalue weighted by molar-refractivity contribution is -0.175. The van der Waals surface area contributed by atoms with Crippen molar-refractivity contribution in [3.05, 3.63) is 52.4 Å². The number of aryl methyl sites for hydroxylation is 1. The zero-order valence-corrected chi connectivity index (χ0v) is 15.6. The maximum atomic E-state index is 12.8. The molecule has 0 saturated carbocycles. The van der Waals surface area contributed by atoms with Crippen molar-refractivity contribution in [1.82, 2.24) is 0 Å². The van der Waals surface area contributed by atoms with E-state index in [0.29, 0.717) is 16.9 Å². The summed E-state index contributed by atoms with van der Waals surface area (Å²) in [6.45, 7) is 11.6. The molecule has 0 bridgehead atoms. The highest BCUT2D eigenvalue weighted by Gasteiger charge is 2.65. The Morgan fingerprint density at radius 3 is 2.62 bits per heavy atom. The lowest BCUT2D eigenvalue weighted by Crippen LogP contribution is -2.53. The Bertz CT molecular complexity index is 972. The number of allylic oxidation sites excluding steroid dienone is 1. The summed E-state index contributed by atoms with van der Waals surface area (Å²) in [6.07, 6.45) is 2.13. The second-order valence-corrected chi connectivity index (χ2v) is 8.08. The molecule has 0 aliphatic carbocycles. The van der Waals surface area contributed by atoms with Crippen molar-refractivity contribution in [2.75, 3.05) is 0 Å². The highest BCUT2D eigenvalue weighted by atomic mass is 16.7. The van der Waals surface area contributed by atoms with Crippen molar-refractivity contribution in [3.63, 3.8) is 0 Å². The van der Waals surface area contributed by atoms with Crippen LogP contribution in [0, 0.1) is 0 Å². The van der Waals surface area contributed by atoms with Crippen LogP contribution in [-0.2, 0) is 16.6 Å². The average molecular weight is 356 g/mol. The van der Waals surface area contributed by atoms with Gasteiger partial charge in [-0.1, -0.05) is 32.1 Å². The molecule has 5 nitrogen and oxygen atoms in total. The van der Waals surface area contributed by atoms with Crippen molar-refractivity contribution >= 4 is 11.0 Å². The molecular formula is C21H24O5. The smallest absolute Gasteiger partial charge is 0.344 e. The summed E-state index contributed by atoms with van der Waals surface area (Å²) in [5.74, 6) is -1.16. The number of hydrogen-bond acceptors (Lipinski definition) is 5. The third kappa shape index (κ3) is 2.27. The first-order valence-electron chi connectivity index (χ1n) is 8.97. The number of fused-ring (bicyclic) bond motifs is 3. The highest BCUT2D eigenvalue weighted by Crippen LogP contribution is 2.53. The monoisotopic (exact) mass is 356 g/mol. The first-order chi connectivity index (χ1) is 12.1. The molecule has 1 aromatic heterocycles. The van der Waals surface area contributed by atoms with Crippen LogP contribution in [0.1, 0.15) is 45.2 Å². The van der Waals surface area contributed by atoms with Gasteiger partial charge in [0.2, 0.25) is 5.79 Å². The second kappa shape index (κ2) is 5.21. The number of epoxide rings is 1. The number of benzene rings is 1. The fourth-order valence-electron chi connectivity index (χ4n) is 4.23. The van der Waals surface area contributed by atoms with Crippen molar-refractivity contribution in [1.29, 1.82) is 0 Å². The van der Waals surface area contributed by atoms with Crippen LogP contribution in [0.25, 0.3) is 11.0 Å². The summed E-state index contributed by atoms with van der Waals surface area (Å²) >= 11 is 0. The summed E-state index contributed by atoms with van der Waals surface area (Å²) in [6, 6.07) is 5.57. The molecule has 2 aliphatic rings. The highest BCUT2D eigenvalue weighted by molar-refractivity contribution is 5.88. The first kappa shape index (κ1) is 17.3. The molecule has 26 heavy (non-hydrogen) atoms. The minimum atomic E-state index is -1.54. The van der Waals surface area contributed by atoms with E-state index >= 15 is 0 Å². The van der Waals surface area contributed by atoms with Gasteiger partial charge in [-0.3, -0.25) is 0 Å². The molecule has 3 heterocycles. The van der Waals surface area contributed by atoms with Gasteiger partial charge in [0.1, 0.15) is 11.3 Å². The van der Waals surface area contributed by atoms with Gasteiger partial charge in [0.15, 0.2) is 6.10 Å². The average Bonchev–Trinajstić information content (AvgIpc) is 3.23. The molecule has 0 radical (unpaired) electrons. The van der Waals surface area contributed by atoms with E-state index < -0.39 is 28.5 Å². The van der Waals surface area contributed by atoms with E-state index in [1.54, 1.807) is 12.1 Å². The van der Waals surface area contributed by atoms with Crippen molar-refractivity contribution in [2.45, 2.75) is 63.4 Å². The Balaban J connectivity index is 2.04. The molecule has 138 valence electrons. The largest absolute Gasteiger partial charge is 0.458 e. The van der Waals surface area contributed by atoms with Gasteiger partial charge in [0, 0.05) is 11.8 Å². The molecule has 2 aromatic rings. The van der Waals surface area contributed by atoms with Crippen LogP contribution < -0.4 is 10.4 Å². The Morgan fingerprint density at radius 1 is 1.35 bits per heavy atom. The fraction of sp³-hybridized carbons (Fsp3) is 0.476. The first-order valence-corrected chi connectivity index (χ1v) is 8.97. The van der Waals surface area contributed by atoms with Crippen LogP contribution in [0.15, 0.2) is 40.1 Å². The summed E-state index contributed by atoms with van der Waals surface area (Å²) in [4.78, 5) is 12.8. The van der Waals surface area contributed by atoms with Gasteiger partial charge in [-0.2, -0.15) is 0 Å². The lowest BCUT2D eigenvalue weighted by Gasteiger charge is -2.42. The van der Waals surface area contributed by atoms with Crippen LogP contribution in [0.3, 0.4) is 0 Å². The topological polar surface area (TPSA) is 72.2 Å². The molecule has 1 saturated heterocycles. The molecular weight excluding hydrogens is 332 g/mol. The molecule has 5 heteroatoms. The predicted octanol–water partition coefficient (Wildman–Crippen LogP) is 3.45. The van der Waals surface area contributed by atoms with Crippen LogP contribution >= 0.6 is 0 Å². The van der Waals surface area contributed by atoms with Gasteiger partial charge < -0.3 is 19.0 Å². The van der Waals surface area contributed by atoms with Crippen LogP contribution in [-0.4, -0.2) is 22.6 Å². The third-order valence-electron chi connectivity index (χ3n) is 5.68. The van der Waals surface area contributed by atoms with E-state index in [9.17, 15) is 9.90 Å². The van der Waals surface area contributed by atoms with Gasteiger partial charge in [-0.25, -0.2) is 4.79 Å². The predicted molar refractivity (Wildman–Crippen MR) is 98.6 cm³/mol. The molecule has 1 N–H and O–H groups in total. The summed E-state index contributed by atoms with van der Waals surface area (Å²) in [5.41, 5.74) is 0.135. The Morgan fingerprint density at radius 2 is 2.04 bits per heavy atom. The number of rotatable bonds is 3. The Hall–Kier alpha value is -2.11. The molecule has 1 aromatic carbocycles. The van der Waals surface area contributed by atoms with E-state index in [-0.39, 0.29) is 6.42 Å². The number of hydrogen-bond donors (Lipinski definition) is 1.